The molecule has 0 unspecified atom stereocenters. The molecule has 0 radical (unpaired) electrons. The van der Waals surface area contributed by atoms with Gasteiger partial charge in [-0.1, -0.05) is 29.0 Å². The van der Waals surface area contributed by atoms with Gasteiger partial charge in [0.25, 0.3) is 17.4 Å². The van der Waals surface area contributed by atoms with Crippen molar-refractivity contribution in [3.63, 3.8) is 0 Å². The maximum Gasteiger partial charge on any atom is 0.284 e. The largest absolute Gasteiger partial charge is 0.284 e. The minimum absolute atomic E-state index is 0.108. The summed E-state index contributed by atoms with van der Waals surface area (Å²) in [5.74, 6) is -0.906. The first kappa shape index (κ1) is 13.8. The number of rotatable bonds is 1. The lowest BCUT2D eigenvalue weighted by Gasteiger charge is -2.14. The van der Waals surface area contributed by atoms with Crippen molar-refractivity contribution in [3.05, 3.63) is 62.5 Å². The lowest BCUT2D eigenvalue weighted by atomic mass is 10.2. The number of carbonyl (C=O) groups excluding carboxylic acids is 2. The summed E-state index contributed by atoms with van der Waals surface area (Å²) >= 11 is 1.06. The first-order valence-corrected chi connectivity index (χ1v) is 7.77. The summed E-state index contributed by atoms with van der Waals surface area (Å²) in [5.41, 5.74) is 1.74. The monoisotopic (exact) mass is 325 g/mol. The van der Waals surface area contributed by atoms with E-state index in [2.05, 4.69) is 4.98 Å². The maximum absolute atomic E-state index is 12.8. The Labute approximate surface area is 134 Å². The molecule has 0 N–H and O–H groups in total. The molecule has 23 heavy (non-hydrogen) atoms. The predicted octanol–water partition coefficient (Wildman–Crippen LogP) is 2.17. The second-order valence-corrected chi connectivity index (χ2v) is 6.40. The molecule has 3 heterocycles. The van der Waals surface area contributed by atoms with Crippen LogP contribution in [0.4, 0.5) is 5.69 Å². The molecular formula is C16H11N3O3S. The first-order valence-electron chi connectivity index (χ1n) is 6.95. The van der Waals surface area contributed by atoms with Gasteiger partial charge < -0.3 is 0 Å². The summed E-state index contributed by atoms with van der Waals surface area (Å²) in [4.78, 5) is 43.6. The van der Waals surface area contributed by atoms with Crippen molar-refractivity contribution in [1.29, 1.82) is 0 Å². The fraction of sp³-hybridized carbons (Fsp3) is 0.125. The molecule has 0 atom stereocenters. The van der Waals surface area contributed by atoms with E-state index < -0.39 is 11.8 Å². The summed E-state index contributed by atoms with van der Waals surface area (Å²) in [6.45, 7) is 3.56. The Kier molecular flexibility index (Phi) is 2.76. The number of hydrogen-bond acceptors (Lipinski definition) is 5. The Morgan fingerprint density at radius 2 is 1.70 bits per heavy atom. The van der Waals surface area contributed by atoms with Crippen LogP contribution in [0, 0.1) is 13.8 Å². The zero-order chi connectivity index (χ0) is 16.3. The SMILES string of the molecule is Cc1ccc(N2C(=O)c3sc4ncc(C)c(=O)n4c3C2=O)cc1. The Hall–Kier alpha value is -2.80. The van der Waals surface area contributed by atoms with E-state index >= 15 is 0 Å². The van der Waals surface area contributed by atoms with E-state index in [1.807, 2.05) is 19.1 Å². The Bertz CT molecular complexity index is 1050. The summed E-state index contributed by atoms with van der Waals surface area (Å²) in [6.07, 6.45) is 1.45. The van der Waals surface area contributed by atoms with E-state index in [1.165, 1.54) is 10.6 Å². The normalized spacial score (nSPS) is 13.9. The van der Waals surface area contributed by atoms with Gasteiger partial charge in [0.2, 0.25) is 0 Å². The Morgan fingerprint density at radius 3 is 2.39 bits per heavy atom. The molecule has 1 aliphatic heterocycles. The van der Waals surface area contributed by atoms with E-state index in [1.54, 1.807) is 19.1 Å². The zero-order valence-corrected chi connectivity index (χ0v) is 13.2. The van der Waals surface area contributed by atoms with Crippen molar-refractivity contribution in [3.8, 4) is 0 Å². The lowest BCUT2D eigenvalue weighted by Crippen LogP contribution is -2.31. The van der Waals surface area contributed by atoms with E-state index in [0.29, 0.717) is 16.2 Å². The number of anilines is 1. The molecule has 0 spiro atoms. The van der Waals surface area contributed by atoms with E-state index in [4.69, 9.17) is 0 Å². The topological polar surface area (TPSA) is 71.8 Å². The first-order chi connectivity index (χ1) is 11.0. The number of aryl methyl sites for hydroxylation is 2. The summed E-state index contributed by atoms with van der Waals surface area (Å²) in [6, 6.07) is 7.10. The lowest BCUT2D eigenvalue weighted by molar-refractivity contribution is 0.0925. The summed E-state index contributed by atoms with van der Waals surface area (Å²) in [7, 11) is 0. The standard InChI is InChI=1S/C16H11N3O3S/c1-8-3-5-10(6-4-8)18-14(21)11-12(15(18)22)23-16-17-7-9(2)13(20)19(11)16/h3-7H,1-2H3. The molecule has 3 aromatic rings. The fourth-order valence-electron chi connectivity index (χ4n) is 2.60. The van der Waals surface area contributed by atoms with Gasteiger partial charge in [0, 0.05) is 11.8 Å². The fourth-order valence-corrected chi connectivity index (χ4v) is 3.61. The number of nitrogens with zero attached hydrogens (tertiary/aromatic N) is 3. The van der Waals surface area contributed by atoms with Crippen molar-refractivity contribution in [2.45, 2.75) is 13.8 Å². The third-order valence-corrected chi connectivity index (χ3v) is 4.87. The molecule has 7 heteroatoms. The van der Waals surface area contributed by atoms with E-state index in [0.717, 1.165) is 21.8 Å². The molecule has 4 rings (SSSR count). The van der Waals surface area contributed by atoms with Gasteiger partial charge in [-0.25, -0.2) is 14.3 Å². The molecule has 0 fully saturated rings. The number of imide groups is 1. The highest BCUT2D eigenvalue weighted by atomic mass is 32.1. The van der Waals surface area contributed by atoms with Gasteiger partial charge in [-0.15, -0.1) is 0 Å². The minimum Gasteiger partial charge on any atom is -0.269 e. The van der Waals surface area contributed by atoms with Crippen molar-refractivity contribution in [1.82, 2.24) is 9.38 Å². The van der Waals surface area contributed by atoms with Crippen molar-refractivity contribution in [2.75, 3.05) is 4.90 Å². The second-order valence-electron chi connectivity index (χ2n) is 5.43. The average molecular weight is 325 g/mol. The molecule has 0 bridgehead atoms. The number of carbonyl (C=O) groups is 2. The van der Waals surface area contributed by atoms with Crippen molar-refractivity contribution < 1.29 is 9.59 Å². The van der Waals surface area contributed by atoms with Crippen LogP contribution in [-0.2, 0) is 0 Å². The van der Waals surface area contributed by atoms with Crippen LogP contribution in [0.3, 0.4) is 0 Å². The number of hydrogen-bond donors (Lipinski definition) is 0. The number of fused-ring (bicyclic) bond motifs is 3. The van der Waals surface area contributed by atoms with Crippen LogP contribution in [0.2, 0.25) is 0 Å². The molecule has 0 saturated heterocycles. The number of benzene rings is 1. The highest BCUT2D eigenvalue weighted by Crippen LogP contribution is 2.33. The van der Waals surface area contributed by atoms with Crippen LogP contribution in [-0.4, -0.2) is 21.2 Å². The number of amides is 2. The maximum atomic E-state index is 12.8. The third-order valence-electron chi connectivity index (χ3n) is 3.83. The van der Waals surface area contributed by atoms with Crippen LogP contribution in [0.25, 0.3) is 4.96 Å². The quantitative estimate of drug-likeness (QED) is 0.643. The highest BCUT2D eigenvalue weighted by molar-refractivity contribution is 7.19. The minimum atomic E-state index is -0.491. The molecule has 0 saturated carbocycles. The van der Waals surface area contributed by atoms with Crippen LogP contribution in [0.1, 0.15) is 31.3 Å². The predicted molar refractivity (Wildman–Crippen MR) is 86.4 cm³/mol. The van der Waals surface area contributed by atoms with Gasteiger partial charge in [0.15, 0.2) is 4.96 Å². The van der Waals surface area contributed by atoms with Gasteiger partial charge in [0.1, 0.15) is 10.6 Å². The smallest absolute Gasteiger partial charge is 0.269 e. The summed E-state index contributed by atoms with van der Waals surface area (Å²) in [5, 5.41) is 0. The third kappa shape index (κ3) is 1.80. The van der Waals surface area contributed by atoms with Crippen LogP contribution in [0.5, 0.6) is 0 Å². The van der Waals surface area contributed by atoms with Gasteiger partial charge in [-0.2, -0.15) is 0 Å². The molecule has 114 valence electrons. The average Bonchev–Trinajstić information content (AvgIpc) is 3.02. The molecule has 0 aliphatic carbocycles. The van der Waals surface area contributed by atoms with Crippen LogP contribution < -0.4 is 10.5 Å². The van der Waals surface area contributed by atoms with E-state index in [-0.39, 0.29) is 16.1 Å². The zero-order valence-electron chi connectivity index (χ0n) is 12.4. The second kappa shape index (κ2) is 4.60. The number of aromatic nitrogens is 2. The van der Waals surface area contributed by atoms with E-state index in [9.17, 15) is 14.4 Å². The van der Waals surface area contributed by atoms with Crippen LogP contribution in [0.15, 0.2) is 35.3 Å². The highest BCUT2D eigenvalue weighted by Gasteiger charge is 2.41. The van der Waals surface area contributed by atoms with Crippen LogP contribution >= 0.6 is 11.3 Å². The van der Waals surface area contributed by atoms with Crippen molar-refractivity contribution >= 4 is 33.8 Å². The van der Waals surface area contributed by atoms with Gasteiger partial charge >= 0.3 is 0 Å². The summed E-state index contributed by atoms with van der Waals surface area (Å²) < 4.78 is 1.24. The van der Waals surface area contributed by atoms with Gasteiger partial charge in [-0.3, -0.25) is 14.4 Å². The number of thiazole rings is 1. The molecular weight excluding hydrogens is 314 g/mol. The molecule has 1 aliphatic rings. The Balaban J connectivity index is 1.95. The molecule has 1 aromatic carbocycles. The van der Waals surface area contributed by atoms with Gasteiger partial charge in [0.05, 0.1) is 5.69 Å². The Morgan fingerprint density at radius 1 is 1.00 bits per heavy atom. The van der Waals surface area contributed by atoms with Crippen molar-refractivity contribution in [2.24, 2.45) is 0 Å². The molecule has 6 nitrogen and oxygen atoms in total. The molecule has 2 amide bonds. The molecule has 2 aromatic heterocycles. The van der Waals surface area contributed by atoms with Gasteiger partial charge in [-0.05, 0) is 26.0 Å².